The monoisotopic (exact) mass is 301 g/mol. The quantitative estimate of drug-likeness (QED) is 0.750. The summed E-state index contributed by atoms with van der Waals surface area (Å²) in [5.41, 5.74) is 0.791. The minimum Gasteiger partial charge on any atom is -0.478 e. The van der Waals surface area contributed by atoms with Crippen LogP contribution in [0.5, 0.6) is 0 Å². The van der Waals surface area contributed by atoms with E-state index in [4.69, 9.17) is 21.1 Å². The molecular weight excluding hydrogens is 294 g/mol. The molecule has 0 aliphatic rings. The maximum absolute atomic E-state index is 12.4. The van der Waals surface area contributed by atoms with Gasteiger partial charge in [-0.15, -0.1) is 0 Å². The molecule has 1 aromatic heterocycles. The Labute approximate surface area is 123 Å². The molecule has 0 aliphatic carbocycles. The number of carboxylic acid groups (broad SMARTS) is 1. The maximum Gasteiger partial charge on any atom is 0.336 e. The van der Waals surface area contributed by atoms with Gasteiger partial charge in [-0.3, -0.25) is 4.79 Å². The summed E-state index contributed by atoms with van der Waals surface area (Å²) >= 11 is 5.85. The van der Waals surface area contributed by atoms with E-state index in [-0.39, 0.29) is 17.0 Å². The van der Waals surface area contributed by atoms with Gasteiger partial charge < -0.3 is 9.52 Å². The number of aromatic carboxylic acids is 1. The highest BCUT2D eigenvalue weighted by Crippen LogP contribution is 2.22. The molecular formula is C15H8ClNO4. The Bertz CT molecular complexity index is 869. The van der Waals surface area contributed by atoms with Crippen LogP contribution in [0.2, 0.25) is 5.02 Å². The van der Waals surface area contributed by atoms with Crippen molar-refractivity contribution in [3.63, 3.8) is 0 Å². The first-order valence-corrected chi connectivity index (χ1v) is 6.37. The summed E-state index contributed by atoms with van der Waals surface area (Å²) in [4.78, 5) is 27.6. The molecule has 0 saturated carbocycles. The van der Waals surface area contributed by atoms with Crippen LogP contribution in [0.1, 0.15) is 26.6 Å². The van der Waals surface area contributed by atoms with E-state index in [1.807, 2.05) is 0 Å². The van der Waals surface area contributed by atoms with Crippen molar-refractivity contribution in [2.75, 3.05) is 0 Å². The normalized spacial score (nSPS) is 10.7. The highest BCUT2D eigenvalue weighted by atomic mass is 35.5. The van der Waals surface area contributed by atoms with Crippen LogP contribution in [0, 0.1) is 0 Å². The number of hydrogen-bond acceptors (Lipinski definition) is 4. The predicted molar refractivity (Wildman–Crippen MR) is 75.9 cm³/mol. The van der Waals surface area contributed by atoms with E-state index in [2.05, 4.69) is 4.98 Å². The Morgan fingerprint density at radius 3 is 2.52 bits per heavy atom. The van der Waals surface area contributed by atoms with Gasteiger partial charge in [-0.2, -0.15) is 0 Å². The summed E-state index contributed by atoms with van der Waals surface area (Å²) in [6.45, 7) is 0. The third-order valence-electron chi connectivity index (χ3n) is 2.95. The molecule has 1 N–H and O–H groups in total. The molecule has 5 nitrogen and oxygen atoms in total. The molecule has 6 heteroatoms. The van der Waals surface area contributed by atoms with E-state index in [0.29, 0.717) is 16.1 Å². The second kappa shape index (κ2) is 5.03. The lowest BCUT2D eigenvalue weighted by Gasteiger charge is -2.01. The van der Waals surface area contributed by atoms with Gasteiger partial charge in [-0.1, -0.05) is 23.7 Å². The fourth-order valence-corrected chi connectivity index (χ4v) is 2.15. The number of benzene rings is 2. The standard InChI is InChI=1S/C15H8ClNO4/c16-8-5-6-12-11(7-8)17-14(21-12)13(18)9-3-1-2-4-10(9)15(19)20/h1-7H,(H,19,20). The zero-order valence-electron chi connectivity index (χ0n) is 10.5. The van der Waals surface area contributed by atoms with Gasteiger partial charge in [0, 0.05) is 10.6 Å². The lowest BCUT2D eigenvalue weighted by molar-refractivity contribution is 0.0692. The summed E-state index contributed by atoms with van der Waals surface area (Å²) in [7, 11) is 0. The van der Waals surface area contributed by atoms with Crippen molar-refractivity contribution in [2.45, 2.75) is 0 Å². The molecule has 1 heterocycles. The Balaban J connectivity index is 2.10. The molecule has 0 atom stereocenters. The summed E-state index contributed by atoms with van der Waals surface area (Å²) in [5.74, 6) is -1.93. The largest absolute Gasteiger partial charge is 0.478 e. The number of fused-ring (bicyclic) bond motifs is 1. The Morgan fingerprint density at radius 1 is 1.10 bits per heavy atom. The van der Waals surface area contributed by atoms with Gasteiger partial charge in [0.2, 0.25) is 5.78 Å². The number of rotatable bonds is 3. The van der Waals surface area contributed by atoms with E-state index >= 15 is 0 Å². The van der Waals surface area contributed by atoms with Crippen LogP contribution in [0.4, 0.5) is 0 Å². The number of carbonyl (C=O) groups is 2. The molecule has 3 aromatic rings. The number of carbonyl (C=O) groups excluding carboxylic acids is 1. The zero-order chi connectivity index (χ0) is 15.0. The van der Waals surface area contributed by atoms with Gasteiger partial charge in [0.15, 0.2) is 5.58 Å². The number of nitrogens with zero attached hydrogens (tertiary/aromatic N) is 1. The molecule has 104 valence electrons. The van der Waals surface area contributed by atoms with Gasteiger partial charge in [0.1, 0.15) is 5.52 Å². The lowest BCUT2D eigenvalue weighted by atomic mass is 10.0. The van der Waals surface area contributed by atoms with E-state index in [9.17, 15) is 9.59 Å². The van der Waals surface area contributed by atoms with Crippen LogP contribution in [0.3, 0.4) is 0 Å². The molecule has 0 spiro atoms. The number of carboxylic acids is 1. The van der Waals surface area contributed by atoms with Gasteiger partial charge in [0.05, 0.1) is 5.56 Å². The summed E-state index contributed by atoms with van der Waals surface area (Å²) < 4.78 is 5.36. The van der Waals surface area contributed by atoms with Crippen molar-refractivity contribution in [1.29, 1.82) is 0 Å². The van der Waals surface area contributed by atoms with Crippen molar-refractivity contribution >= 4 is 34.5 Å². The first-order valence-electron chi connectivity index (χ1n) is 5.99. The van der Waals surface area contributed by atoms with Gasteiger partial charge in [-0.25, -0.2) is 9.78 Å². The van der Waals surface area contributed by atoms with Crippen LogP contribution in [-0.2, 0) is 0 Å². The summed E-state index contributed by atoms with van der Waals surface area (Å²) in [5, 5.41) is 9.59. The second-order valence-electron chi connectivity index (χ2n) is 4.31. The molecule has 0 unspecified atom stereocenters. The third kappa shape index (κ3) is 2.39. The fraction of sp³-hybridized carbons (Fsp3) is 0. The Morgan fingerprint density at radius 2 is 1.81 bits per heavy atom. The highest BCUT2D eigenvalue weighted by Gasteiger charge is 2.22. The lowest BCUT2D eigenvalue weighted by Crippen LogP contribution is -2.09. The molecule has 21 heavy (non-hydrogen) atoms. The SMILES string of the molecule is O=C(O)c1ccccc1C(=O)c1nc2cc(Cl)ccc2o1. The fourth-order valence-electron chi connectivity index (χ4n) is 1.98. The number of halogens is 1. The molecule has 0 amide bonds. The molecule has 0 radical (unpaired) electrons. The second-order valence-corrected chi connectivity index (χ2v) is 4.75. The van der Waals surface area contributed by atoms with Crippen LogP contribution < -0.4 is 0 Å². The molecule has 0 saturated heterocycles. The van der Waals surface area contributed by atoms with E-state index < -0.39 is 11.8 Å². The molecule has 2 aromatic carbocycles. The Kier molecular flexibility index (Phi) is 3.19. The maximum atomic E-state index is 12.4. The van der Waals surface area contributed by atoms with E-state index in [1.165, 1.54) is 12.1 Å². The Hall–Kier alpha value is -2.66. The molecule has 0 bridgehead atoms. The predicted octanol–water partition coefficient (Wildman–Crippen LogP) is 3.41. The summed E-state index contributed by atoms with van der Waals surface area (Å²) in [6.07, 6.45) is 0. The third-order valence-corrected chi connectivity index (χ3v) is 3.18. The van der Waals surface area contributed by atoms with Crippen molar-refractivity contribution in [3.05, 3.63) is 64.5 Å². The van der Waals surface area contributed by atoms with Crippen molar-refractivity contribution in [2.24, 2.45) is 0 Å². The first kappa shape index (κ1) is 13.3. The van der Waals surface area contributed by atoms with Gasteiger partial charge in [0.25, 0.3) is 5.89 Å². The average molecular weight is 302 g/mol. The van der Waals surface area contributed by atoms with Crippen molar-refractivity contribution < 1.29 is 19.1 Å². The minimum atomic E-state index is -1.18. The van der Waals surface area contributed by atoms with Crippen LogP contribution in [0.15, 0.2) is 46.9 Å². The number of hydrogen-bond donors (Lipinski definition) is 1. The van der Waals surface area contributed by atoms with Crippen LogP contribution in [0.25, 0.3) is 11.1 Å². The first-order chi connectivity index (χ1) is 10.1. The highest BCUT2D eigenvalue weighted by molar-refractivity contribution is 6.31. The van der Waals surface area contributed by atoms with Gasteiger partial charge in [-0.05, 0) is 30.3 Å². The number of oxazole rings is 1. The van der Waals surface area contributed by atoms with Crippen LogP contribution >= 0.6 is 11.6 Å². The minimum absolute atomic E-state index is 0.0302. The molecule has 3 rings (SSSR count). The zero-order valence-corrected chi connectivity index (χ0v) is 11.3. The summed E-state index contributed by atoms with van der Waals surface area (Å²) in [6, 6.07) is 10.7. The van der Waals surface area contributed by atoms with E-state index in [0.717, 1.165) is 0 Å². The van der Waals surface area contributed by atoms with Crippen LogP contribution in [-0.4, -0.2) is 21.8 Å². The smallest absolute Gasteiger partial charge is 0.336 e. The number of ketones is 1. The molecule has 0 fully saturated rings. The van der Waals surface area contributed by atoms with E-state index in [1.54, 1.807) is 30.3 Å². The average Bonchev–Trinajstić information content (AvgIpc) is 2.89. The van der Waals surface area contributed by atoms with Gasteiger partial charge >= 0.3 is 5.97 Å². The van der Waals surface area contributed by atoms with Crippen molar-refractivity contribution in [1.82, 2.24) is 4.98 Å². The van der Waals surface area contributed by atoms with Crippen molar-refractivity contribution in [3.8, 4) is 0 Å². The molecule has 0 aliphatic heterocycles. The number of aromatic nitrogens is 1. The topological polar surface area (TPSA) is 80.4 Å².